The van der Waals surface area contributed by atoms with Crippen molar-refractivity contribution < 1.29 is 0 Å². The predicted molar refractivity (Wildman–Crippen MR) is 54.6 cm³/mol. The van der Waals surface area contributed by atoms with Crippen LogP contribution in [0.25, 0.3) is 0 Å². The Labute approximate surface area is 81.9 Å². The van der Waals surface area contributed by atoms with E-state index in [0.29, 0.717) is 6.42 Å². The van der Waals surface area contributed by atoms with Crippen LogP contribution < -0.4 is 11.3 Å². The van der Waals surface area contributed by atoms with E-state index >= 15 is 0 Å². The Morgan fingerprint density at radius 2 is 2.14 bits per heavy atom. The number of aromatic amines is 1. The zero-order valence-corrected chi connectivity index (χ0v) is 8.35. The van der Waals surface area contributed by atoms with Gasteiger partial charge < -0.3 is 5.73 Å². The summed E-state index contributed by atoms with van der Waals surface area (Å²) in [7, 11) is 0. The Kier molecular flexibility index (Phi) is 3.01. The SMILES string of the molecule is CCc1n[nH]c(=O)c(C(=N)N)c1CC. The second-order valence-electron chi connectivity index (χ2n) is 2.97. The van der Waals surface area contributed by atoms with E-state index in [1.165, 1.54) is 0 Å². The van der Waals surface area contributed by atoms with Crippen LogP contribution in [0.2, 0.25) is 0 Å². The first-order valence-corrected chi connectivity index (χ1v) is 4.56. The molecule has 0 aliphatic rings. The van der Waals surface area contributed by atoms with E-state index in [1.807, 2.05) is 13.8 Å². The van der Waals surface area contributed by atoms with Gasteiger partial charge in [-0.25, -0.2) is 5.10 Å². The lowest BCUT2D eigenvalue weighted by Crippen LogP contribution is -2.28. The number of nitrogens with zero attached hydrogens (tertiary/aromatic N) is 1. The first kappa shape index (κ1) is 10.4. The standard InChI is InChI=1S/C9H14N4O/c1-3-5-6(4-2)12-13-9(14)7(5)8(10)11/h3-4H2,1-2H3,(H3,10,11)(H,13,14). The van der Waals surface area contributed by atoms with Gasteiger partial charge in [-0.2, -0.15) is 5.10 Å². The molecule has 0 fully saturated rings. The number of H-pyrrole nitrogens is 1. The van der Waals surface area contributed by atoms with E-state index < -0.39 is 0 Å². The lowest BCUT2D eigenvalue weighted by molar-refractivity contribution is 0.852. The van der Waals surface area contributed by atoms with Crippen molar-refractivity contribution >= 4 is 5.84 Å². The molecule has 0 aliphatic carbocycles. The van der Waals surface area contributed by atoms with Crippen molar-refractivity contribution in [3.63, 3.8) is 0 Å². The summed E-state index contributed by atoms with van der Waals surface area (Å²) in [5, 5.41) is 13.6. The predicted octanol–water partition coefficient (Wildman–Crippen LogP) is 0.179. The molecule has 0 spiro atoms. The summed E-state index contributed by atoms with van der Waals surface area (Å²) in [4.78, 5) is 11.4. The number of amidine groups is 1. The van der Waals surface area contributed by atoms with E-state index in [9.17, 15) is 4.79 Å². The molecule has 0 atom stereocenters. The van der Waals surface area contributed by atoms with E-state index in [-0.39, 0.29) is 17.0 Å². The van der Waals surface area contributed by atoms with E-state index in [2.05, 4.69) is 10.2 Å². The number of hydrogen-bond donors (Lipinski definition) is 3. The fourth-order valence-electron chi connectivity index (χ4n) is 1.48. The van der Waals surface area contributed by atoms with Gasteiger partial charge in [-0.15, -0.1) is 0 Å². The average Bonchev–Trinajstić information content (AvgIpc) is 2.16. The number of aromatic nitrogens is 2. The molecule has 1 aromatic rings. The number of hydrogen-bond acceptors (Lipinski definition) is 3. The van der Waals surface area contributed by atoms with Crippen LogP contribution in [0.4, 0.5) is 0 Å². The Morgan fingerprint density at radius 1 is 1.50 bits per heavy atom. The normalized spacial score (nSPS) is 10.1. The van der Waals surface area contributed by atoms with Crippen LogP contribution in [0.1, 0.15) is 30.7 Å². The minimum atomic E-state index is -0.383. The lowest BCUT2D eigenvalue weighted by atomic mass is 10.0. The van der Waals surface area contributed by atoms with Crippen LogP contribution in [-0.2, 0) is 12.8 Å². The molecule has 0 bridgehead atoms. The van der Waals surface area contributed by atoms with Gasteiger partial charge in [0.2, 0.25) is 0 Å². The summed E-state index contributed by atoms with van der Waals surface area (Å²) in [6.07, 6.45) is 1.38. The van der Waals surface area contributed by atoms with Crippen molar-refractivity contribution in [2.24, 2.45) is 5.73 Å². The summed E-state index contributed by atoms with van der Waals surface area (Å²) in [5.74, 6) is -0.194. The molecule has 0 unspecified atom stereocenters. The summed E-state index contributed by atoms with van der Waals surface area (Å²) < 4.78 is 0. The maximum Gasteiger partial charge on any atom is 0.275 e. The molecular formula is C9H14N4O. The monoisotopic (exact) mass is 194 g/mol. The van der Waals surface area contributed by atoms with Gasteiger partial charge in [0.05, 0.1) is 11.3 Å². The summed E-state index contributed by atoms with van der Waals surface area (Å²) in [6, 6.07) is 0. The zero-order chi connectivity index (χ0) is 10.7. The van der Waals surface area contributed by atoms with Crippen molar-refractivity contribution in [2.45, 2.75) is 26.7 Å². The fraction of sp³-hybridized carbons (Fsp3) is 0.444. The molecule has 0 radical (unpaired) electrons. The van der Waals surface area contributed by atoms with Crippen molar-refractivity contribution in [3.8, 4) is 0 Å². The van der Waals surface area contributed by atoms with Crippen LogP contribution >= 0.6 is 0 Å². The molecule has 1 rings (SSSR count). The molecule has 0 aliphatic heterocycles. The second-order valence-corrected chi connectivity index (χ2v) is 2.97. The highest BCUT2D eigenvalue weighted by atomic mass is 16.1. The second kappa shape index (κ2) is 4.04. The number of nitrogens with two attached hydrogens (primary N) is 1. The Balaban J connectivity index is 3.51. The average molecular weight is 194 g/mol. The van der Waals surface area contributed by atoms with Gasteiger partial charge in [0.15, 0.2) is 0 Å². The molecule has 5 heteroatoms. The third-order valence-corrected chi connectivity index (χ3v) is 2.13. The van der Waals surface area contributed by atoms with Crippen molar-refractivity contribution in [2.75, 3.05) is 0 Å². The molecule has 0 saturated carbocycles. The molecule has 5 nitrogen and oxygen atoms in total. The number of nitrogens with one attached hydrogen (secondary N) is 2. The maximum atomic E-state index is 11.4. The number of nitrogen functional groups attached to an aromatic ring is 1. The van der Waals surface area contributed by atoms with E-state index in [4.69, 9.17) is 11.1 Å². The Bertz CT molecular complexity index is 408. The third-order valence-electron chi connectivity index (χ3n) is 2.13. The Hall–Kier alpha value is -1.65. The van der Waals surface area contributed by atoms with Gasteiger partial charge in [0, 0.05) is 0 Å². The topological polar surface area (TPSA) is 95.6 Å². The maximum absolute atomic E-state index is 11.4. The summed E-state index contributed by atoms with van der Waals surface area (Å²) in [6.45, 7) is 3.87. The largest absolute Gasteiger partial charge is 0.384 e. The highest BCUT2D eigenvalue weighted by molar-refractivity contribution is 5.96. The molecule has 1 heterocycles. The van der Waals surface area contributed by atoms with Crippen LogP contribution in [-0.4, -0.2) is 16.0 Å². The highest BCUT2D eigenvalue weighted by Gasteiger charge is 2.13. The highest BCUT2D eigenvalue weighted by Crippen LogP contribution is 2.08. The van der Waals surface area contributed by atoms with Gasteiger partial charge in [-0.05, 0) is 18.4 Å². The fourth-order valence-corrected chi connectivity index (χ4v) is 1.48. The van der Waals surface area contributed by atoms with Crippen LogP contribution in [0.15, 0.2) is 4.79 Å². The van der Waals surface area contributed by atoms with Gasteiger partial charge in [0.25, 0.3) is 5.56 Å². The lowest BCUT2D eigenvalue weighted by Gasteiger charge is -2.08. The van der Waals surface area contributed by atoms with Gasteiger partial charge in [-0.3, -0.25) is 10.2 Å². The summed E-state index contributed by atoms with van der Waals surface area (Å²) in [5.41, 5.74) is 6.81. The summed E-state index contributed by atoms with van der Waals surface area (Å²) >= 11 is 0. The van der Waals surface area contributed by atoms with Crippen LogP contribution in [0.3, 0.4) is 0 Å². The van der Waals surface area contributed by atoms with Gasteiger partial charge in [0.1, 0.15) is 5.84 Å². The van der Waals surface area contributed by atoms with Gasteiger partial charge >= 0.3 is 0 Å². The van der Waals surface area contributed by atoms with Crippen LogP contribution in [0.5, 0.6) is 0 Å². The van der Waals surface area contributed by atoms with E-state index in [0.717, 1.165) is 17.7 Å². The molecule has 4 N–H and O–H groups in total. The number of rotatable bonds is 3. The first-order chi connectivity index (χ1) is 6.61. The molecule has 14 heavy (non-hydrogen) atoms. The molecular weight excluding hydrogens is 180 g/mol. The molecule has 1 aromatic heterocycles. The van der Waals surface area contributed by atoms with Gasteiger partial charge in [-0.1, -0.05) is 13.8 Å². The Morgan fingerprint density at radius 3 is 2.57 bits per heavy atom. The van der Waals surface area contributed by atoms with Crippen molar-refractivity contribution in [1.82, 2.24) is 10.2 Å². The molecule has 76 valence electrons. The smallest absolute Gasteiger partial charge is 0.275 e. The zero-order valence-electron chi connectivity index (χ0n) is 8.35. The minimum Gasteiger partial charge on any atom is -0.384 e. The van der Waals surface area contributed by atoms with Crippen molar-refractivity contribution in [1.29, 1.82) is 5.41 Å². The van der Waals surface area contributed by atoms with E-state index in [1.54, 1.807) is 0 Å². The van der Waals surface area contributed by atoms with Crippen LogP contribution in [0, 0.1) is 5.41 Å². The molecule has 0 amide bonds. The first-order valence-electron chi connectivity index (χ1n) is 4.56. The molecule has 0 saturated heterocycles. The quantitative estimate of drug-likeness (QED) is 0.473. The van der Waals surface area contributed by atoms with Crippen molar-refractivity contribution in [3.05, 3.63) is 27.2 Å². The molecule has 0 aromatic carbocycles. The third kappa shape index (κ3) is 1.66. The minimum absolute atomic E-state index is 0.194. The number of aryl methyl sites for hydroxylation is 1.